The van der Waals surface area contributed by atoms with Crippen LogP contribution in [-0.2, 0) is 10.5 Å². The zero-order valence-corrected chi connectivity index (χ0v) is 15.0. The Bertz CT molecular complexity index is 666. The summed E-state index contributed by atoms with van der Waals surface area (Å²) in [5.74, 6) is 0.723. The molecule has 0 saturated heterocycles. The number of amides is 1. The van der Waals surface area contributed by atoms with Gasteiger partial charge in [0.15, 0.2) is 0 Å². The first-order valence-electron chi connectivity index (χ1n) is 6.44. The molecular weight excluding hydrogens is 359 g/mol. The molecule has 0 spiro atoms. The van der Waals surface area contributed by atoms with Gasteiger partial charge in [0.1, 0.15) is 0 Å². The van der Waals surface area contributed by atoms with Crippen LogP contribution < -0.4 is 5.43 Å². The lowest BCUT2D eigenvalue weighted by atomic mass is 10.2. The third kappa shape index (κ3) is 5.02. The Morgan fingerprint density at radius 2 is 2.09 bits per heavy atom. The van der Waals surface area contributed by atoms with Crippen LogP contribution in [0, 0.1) is 6.92 Å². The molecule has 2 aromatic rings. The lowest BCUT2D eigenvalue weighted by Gasteiger charge is -2.06. The summed E-state index contributed by atoms with van der Waals surface area (Å²) >= 11 is 15.2. The summed E-state index contributed by atoms with van der Waals surface area (Å²) < 4.78 is 0. The fourth-order valence-electron chi connectivity index (χ4n) is 1.63. The lowest BCUT2D eigenvalue weighted by molar-refractivity contribution is -0.118. The van der Waals surface area contributed by atoms with Crippen molar-refractivity contribution in [2.24, 2.45) is 5.10 Å². The molecule has 1 aromatic carbocycles. The summed E-state index contributed by atoms with van der Waals surface area (Å²) in [4.78, 5) is 12.7. The van der Waals surface area contributed by atoms with Gasteiger partial charge >= 0.3 is 0 Å². The number of nitrogens with one attached hydrogen (secondary N) is 1. The summed E-state index contributed by atoms with van der Waals surface area (Å²) in [7, 11) is 0. The fraction of sp³-hybridized carbons (Fsp3) is 0.200. The molecule has 2 rings (SSSR count). The van der Waals surface area contributed by atoms with E-state index in [1.165, 1.54) is 11.8 Å². The molecule has 0 bridgehead atoms. The number of halogens is 2. The topological polar surface area (TPSA) is 41.5 Å². The smallest absolute Gasteiger partial charge is 0.250 e. The number of carbonyl (C=O) groups is 1. The molecule has 0 radical (unpaired) electrons. The third-order valence-electron chi connectivity index (χ3n) is 2.81. The first-order chi connectivity index (χ1) is 10.6. The van der Waals surface area contributed by atoms with Crippen LogP contribution in [0.25, 0.3) is 0 Å². The van der Waals surface area contributed by atoms with E-state index in [4.69, 9.17) is 23.2 Å². The van der Waals surface area contributed by atoms with Crippen LogP contribution in [0.5, 0.6) is 0 Å². The van der Waals surface area contributed by atoms with E-state index in [0.29, 0.717) is 21.6 Å². The first-order valence-corrected chi connectivity index (χ1v) is 9.23. The maximum Gasteiger partial charge on any atom is 0.250 e. The second-order valence-electron chi connectivity index (χ2n) is 4.45. The van der Waals surface area contributed by atoms with E-state index < -0.39 is 0 Å². The van der Waals surface area contributed by atoms with E-state index >= 15 is 0 Å². The molecule has 0 aliphatic rings. The molecule has 116 valence electrons. The molecule has 0 unspecified atom stereocenters. The van der Waals surface area contributed by atoms with Gasteiger partial charge in [0.2, 0.25) is 5.91 Å². The van der Waals surface area contributed by atoms with Crippen LogP contribution >= 0.6 is 46.3 Å². The Labute approximate surface area is 147 Å². The van der Waals surface area contributed by atoms with E-state index in [-0.39, 0.29) is 5.91 Å². The highest BCUT2D eigenvalue weighted by molar-refractivity contribution is 7.99. The largest absolute Gasteiger partial charge is 0.272 e. The summed E-state index contributed by atoms with van der Waals surface area (Å²) in [6, 6.07) is 7.39. The summed E-state index contributed by atoms with van der Waals surface area (Å²) in [6.07, 6.45) is 1.66. The van der Waals surface area contributed by atoms with Crippen molar-refractivity contribution < 1.29 is 4.79 Å². The van der Waals surface area contributed by atoms with Gasteiger partial charge in [-0.15, -0.1) is 23.1 Å². The van der Waals surface area contributed by atoms with Crippen molar-refractivity contribution in [2.75, 3.05) is 5.75 Å². The number of nitrogens with zero attached hydrogens (tertiary/aromatic N) is 1. The molecule has 7 heteroatoms. The highest BCUT2D eigenvalue weighted by atomic mass is 35.5. The predicted molar refractivity (Wildman–Crippen MR) is 97.4 cm³/mol. The van der Waals surface area contributed by atoms with E-state index in [1.807, 2.05) is 18.4 Å². The van der Waals surface area contributed by atoms with Gasteiger partial charge < -0.3 is 0 Å². The summed E-state index contributed by atoms with van der Waals surface area (Å²) in [6.45, 7) is 2.00. The number of thiophene rings is 1. The predicted octanol–water partition coefficient (Wildman–Crippen LogP) is 4.75. The monoisotopic (exact) mass is 372 g/mol. The molecule has 1 amide bonds. The third-order valence-corrected chi connectivity index (χ3v) is 5.43. The molecule has 1 aromatic heterocycles. The SMILES string of the molecule is Cc1ccsc1/C=N\NC(=O)CSCc1c(Cl)cccc1Cl. The molecule has 1 N–H and O–H groups in total. The van der Waals surface area contributed by atoms with Crippen molar-refractivity contribution >= 4 is 58.4 Å². The minimum atomic E-state index is -0.154. The molecule has 0 aliphatic heterocycles. The molecule has 22 heavy (non-hydrogen) atoms. The lowest BCUT2D eigenvalue weighted by Crippen LogP contribution is -2.19. The van der Waals surface area contributed by atoms with Crippen molar-refractivity contribution in [3.63, 3.8) is 0 Å². The van der Waals surface area contributed by atoms with Crippen molar-refractivity contribution in [3.05, 3.63) is 55.7 Å². The number of thioether (sulfide) groups is 1. The quantitative estimate of drug-likeness (QED) is 0.587. The zero-order valence-electron chi connectivity index (χ0n) is 11.8. The van der Waals surface area contributed by atoms with Crippen LogP contribution in [0.1, 0.15) is 16.0 Å². The molecule has 0 saturated carbocycles. The molecule has 0 fully saturated rings. The highest BCUT2D eigenvalue weighted by Crippen LogP contribution is 2.28. The van der Waals surface area contributed by atoms with Gasteiger partial charge in [-0.3, -0.25) is 4.79 Å². The number of benzene rings is 1. The number of hydrazone groups is 1. The molecule has 1 heterocycles. The van der Waals surface area contributed by atoms with Crippen LogP contribution in [0.3, 0.4) is 0 Å². The second kappa shape index (κ2) is 8.58. The zero-order chi connectivity index (χ0) is 15.9. The highest BCUT2D eigenvalue weighted by Gasteiger charge is 2.07. The number of hydrogen-bond donors (Lipinski definition) is 1. The van der Waals surface area contributed by atoms with Gasteiger partial charge in [0, 0.05) is 20.7 Å². The average molecular weight is 373 g/mol. The van der Waals surface area contributed by atoms with Crippen molar-refractivity contribution in [1.29, 1.82) is 0 Å². The molecule has 0 aliphatic carbocycles. The average Bonchev–Trinajstić information content (AvgIpc) is 2.88. The minimum absolute atomic E-state index is 0.154. The van der Waals surface area contributed by atoms with Crippen LogP contribution in [-0.4, -0.2) is 17.9 Å². The van der Waals surface area contributed by atoms with Gasteiger partial charge in [-0.25, -0.2) is 5.43 Å². The van der Waals surface area contributed by atoms with E-state index in [1.54, 1.807) is 35.8 Å². The first kappa shape index (κ1) is 17.3. The van der Waals surface area contributed by atoms with Crippen molar-refractivity contribution in [1.82, 2.24) is 5.43 Å². The Kier molecular flexibility index (Phi) is 6.76. The van der Waals surface area contributed by atoms with Gasteiger partial charge in [0.25, 0.3) is 0 Å². The normalized spacial score (nSPS) is 11.0. The molecule has 0 atom stereocenters. The number of hydrogen-bond acceptors (Lipinski definition) is 4. The standard InChI is InChI=1S/C15H14Cl2N2OS2/c1-10-5-6-22-14(10)7-18-19-15(20)9-21-8-11-12(16)3-2-4-13(11)17/h2-7H,8-9H2,1H3,(H,19,20)/b18-7-. The Balaban J connectivity index is 1.76. The second-order valence-corrected chi connectivity index (χ2v) is 7.20. The van der Waals surface area contributed by atoms with E-state index in [9.17, 15) is 4.79 Å². The van der Waals surface area contributed by atoms with Gasteiger partial charge in [-0.1, -0.05) is 29.3 Å². The van der Waals surface area contributed by atoms with Gasteiger partial charge in [0.05, 0.1) is 12.0 Å². The number of aryl methyl sites for hydroxylation is 1. The van der Waals surface area contributed by atoms with Crippen molar-refractivity contribution in [3.8, 4) is 0 Å². The molecular formula is C15H14Cl2N2OS2. The van der Waals surface area contributed by atoms with Gasteiger partial charge in [-0.2, -0.15) is 5.10 Å². The van der Waals surface area contributed by atoms with Crippen LogP contribution in [0.2, 0.25) is 10.0 Å². The molecule has 3 nitrogen and oxygen atoms in total. The maximum absolute atomic E-state index is 11.7. The fourth-order valence-corrected chi connectivity index (χ4v) is 3.97. The van der Waals surface area contributed by atoms with Gasteiger partial charge in [-0.05, 0) is 41.6 Å². The summed E-state index contributed by atoms with van der Waals surface area (Å²) in [5, 5.41) is 7.18. The van der Waals surface area contributed by atoms with E-state index in [2.05, 4.69) is 10.5 Å². The Morgan fingerprint density at radius 3 is 2.73 bits per heavy atom. The maximum atomic E-state index is 11.7. The minimum Gasteiger partial charge on any atom is -0.272 e. The van der Waals surface area contributed by atoms with Crippen molar-refractivity contribution in [2.45, 2.75) is 12.7 Å². The number of carbonyl (C=O) groups excluding carboxylic acids is 1. The van der Waals surface area contributed by atoms with Crippen LogP contribution in [0.4, 0.5) is 0 Å². The number of rotatable bonds is 6. The Hall–Kier alpha value is -1.01. The Morgan fingerprint density at radius 1 is 1.36 bits per heavy atom. The van der Waals surface area contributed by atoms with Crippen LogP contribution in [0.15, 0.2) is 34.7 Å². The van der Waals surface area contributed by atoms with E-state index in [0.717, 1.165) is 16.0 Å². The summed E-state index contributed by atoms with van der Waals surface area (Å²) in [5.41, 5.74) is 4.51.